The van der Waals surface area contributed by atoms with Gasteiger partial charge in [0.25, 0.3) is 0 Å². The molecule has 0 saturated heterocycles. The second-order valence-electron chi connectivity index (χ2n) is 2.28. The fraction of sp³-hybridized carbons (Fsp3) is 0. The summed E-state index contributed by atoms with van der Waals surface area (Å²) in [6.45, 7) is 0. The Kier molecular flexibility index (Phi) is 2.60. The number of phenols is 1. The van der Waals surface area contributed by atoms with Crippen molar-refractivity contribution in [3.05, 3.63) is 22.4 Å². The molecule has 1 aromatic carbocycles. The van der Waals surface area contributed by atoms with Crippen molar-refractivity contribution in [2.45, 2.75) is 4.90 Å². The molecule has 4 nitrogen and oxygen atoms in total. The lowest BCUT2D eigenvalue weighted by molar-refractivity contribution is 0.417. The number of phenolic OH excluding ortho intramolecular Hbond substituents is 1. The fourth-order valence-electron chi connectivity index (χ4n) is 0.759. The molecular formula is C6H5BrFNO3S. The third kappa shape index (κ3) is 2.17. The number of rotatable bonds is 1. The third-order valence-electron chi connectivity index (χ3n) is 1.30. The lowest BCUT2D eigenvalue weighted by Crippen LogP contribution is -2.12. The average Bonchev–Trinajstić information content (AvgIpc) is 1.94. The van der Waals surface area contributed by atoms with Crippen molar-refractivity contribution in [3.8, 4) is 5.75 Å². The first-order chi connectivity index (χ1) is 5.82. The Hall–Kier alpha value is -0.660. The van der Waals surface area contributed by atoms with Crippen LogP contribution in [0.15, 0.2) is 21.5 Å². The molecule has 0 bridgehead atoms. The molecule has 0 atom stereocenters. The first kappa shape index (κ1) is 10.4. The number of hydrogen-bond donors (Lipinski definition) is 2. The molecule has 0 fully saturated rings. The summed E-state index contributed by atoms with van der Waals surface area (Å²) >= 11 is 2.87. The minimum atomic E-state index is -4.10. The molecule has 0 amide bonds. The van der Waals surface area contributed by atoms with Gasteiger partial charge in [0.15, 0.2) is 11.6 Å². The summed E-state index contributed by atoms with van der Waals surface area (Å²) in [5, 5.41) is 13.7. The quantitative estimate of drug-likeness (QED) is 0.796. The molecule has 3 N–H and O–H groups in total. The van der Waals surface area contributed by atoms with Crippen LogP contribution >= 0.6 is 15.9 Å². The van der Waals surface area contributed by atoms with Gasteiger partial charge in [0.1, 0.15) is 4.90 Å². The molecule has 0 spiro atoms. The largest absolute Gasteiger partial charge is 0.504 e. The summed E-state index contributed by atoms with van der Waals surface area (Å²) in [6, 6.07) is 1.96. The van der Waals surface area contributed by atoms with E-state index in [9.17, 15) is 12.8 Å². The van der Waals surface area contributed by atoms with Gasteiger partial charge in [-0.05, 0) is 12.1 Å². The van der Waals surface area contributed by atoms with Gasteiger partial charge in [-0.15, -0.1) is 0 Å². The maximum Gasteiger partial charge on any atom is 0.241 e. The maximum atomic E-state index is 12.8. The molecule has 0 aliphatic heterocycles. The highest BCUT2D eigenvalue weighted by molar-refractivity contribution is 9.10. The van der Waals surface area contributed by atoms with E-state index in [1.165, 1.54) is 0 Å². The normalized spacial score (nSPS) is 11.6. The molecule has 1 rings (SSSR count). The molecule has 0 unspecified atom stereocenters. The van der Waals surface area contributed by atoms with Crippen LogP contribution in [0.3, 0.4) is 0 Å². The van der Waals surface area contributed by atoms with Crippen LogP contribution in [0.2, 0.25) is 0 Å². The monoisotopic (exact) mass is 269 g/mol. The van der Waals surface area contributed by atoms with Gasteiger partial charge in [0.2, 0.25) is 10.0 Å². The minimum absolute atomic E-state index is 0.187. The first-order valence-electron chi connectivity index (χ1n) is 3.03. The summed E-state index contributed by atoms with van der Waals surface area (Å²) in [5.74, 6) is -2.01. The number of primary sulfonamides is 1. The highest BCUT2D eigenvalue weighted by Gasteiger charge is 2.17. The van der Waals surface area contributed by atoms with Crippen molar-refractivity contribution in [2.75, 3.05) is 0 Å². The molecule has 0 aromatic heterocycles. The summed E-state index contributed by atoms with van der Waals surface area (Å²) in [5.41, 5.74) is 0. The van der Waals surface area contributed by atoms with E-state index in [1.807, 2.05) is 0 Å². The van der Waals surface area contributed by atoms with Gasteiger partial charge in [0, 0.05) is 4.47 Å². The topological polar surface area (TPSA) is 80.4 Å². The van der Waals surface area contributed by atoms with Gasteiger partial charge in [-0.3, -0.25) is 0 Å². The minimum Gasteiger partial charge on any atom is -0.504 e. The number of hydrogen-bond acceptors (Lipinski definition) is 3. The van der Waals surface area contributed by atoms with Crippen molar-refractivity contribution in [2.24, 2.45) is 5.14 Å². The molecule has 13 heavy (non-hydrogen) atoms. The lowest BCUT2D eigenvalue weighted by Gasteiger charge is -2.03. The predicted molar refractivity (Wildman–Crippen MR) is 47.1 cm³/mol. The van der Waals surface area contributed by atoms with Gasteiger partial charge >= 0.3 is 0 Å². The Morgan fingerprint density at radius 1 is 1.46 bits per heavy atom. The molecule has 72 valence electrons. The molecule has 0 saturated carbocycles. The lowest BCUT2D eigenvalue weighted by atomic mass is 10.3. The highest BCUT2D eigenvalue weighted by atomic mass is 79.9. The van der Waals surface area contributed by atoms with Crippen molar-refractivity contribution < 1.29 is 17.9 Å². The third-order valence-corrected chi connectivity index (χ3v) is 2.68. The smallest absolute Gasteiger partial charge is 0.241 e. The first-order valence-corrected chi connectivity index (χ1v) is 5.37. The molecule has 1 aromatic rings. The number of halogens is 2. The number of aromatic hydroxyl groups is 1. The van der Waals surface area contributed by atoms with Crippen molar-refractivity contribution in [1.82, 2.24) is 0 Å². The van der Waals surface area contributed by atoms with E-state index in [-0.39, 0.29) is 4.47 Å². The zero-order chi connectivity index (χ0) is 10.2. The summed E-state index contributed by atoms with van der Waals surface area (Å²) in [4.78, 5) is -0.639. The van der Waals surface area contributed by atoms with E-state index in [0.29, 0.717) is 0 Å². The molecule has 0 radical (unpaired) electrons. The van der Waals surface area contributed by atoms with E-state index in [4.69, 9.17) is 10.2 Å². The Bertz CT molecular complexity index is 445. The van der Waals surface area contributed by atoms with Crippen LogP contribution in [0, 0.1) is 5.82 Å². The maximum absolute atomic E-state index is 12.8. The van der Waals surface area contributed by atoms with Crippen LogP contribution in [-0.4, -0.2) is 13.5 Å². The standard InChI is InChI=1S/C6H5BrFNO3S/c7-3-1-4(8)6(10)5(2-3)13(9,11)12/h1-2,10H,(H2,9,11,12). The van der Waals surface area contributed by atoms with Gasteiger partial charge < -0.3 is 5.11 Å². The molecular weight excluding hydrogens is 265 g/mol. The predicted octanol–water partition coefficient (Wildman–Crippen LogP) is 0.941. The zero-order valence-electron chi connectivity index (χ0n) is 6.16. The Labute approximate surface area is 82.4 Å². The van der Waals surface area contributed by atoms with E-state index in [2.05, 4.69) is 15.9 Å². The van der Waals surface area contributed by atoms with E-state index >= 15 is 0 Å². The SMILES string of the molecule is NS(=O)(=O)c1cc(Br)cc(F)c1O. The second-order valence-corrected chi connectivity index (χ2v) is 4.72. The van der Waals surface area contributed by atoms with E-state index in [0.717, 1.165) is 12.1 Å². The fourth-order valence-corrected chi connectivity index (χ4v) is 2.00. The van der Waals surface area contributed by atoms with Crippen LogP contribution in [0.4, 0.5) is 4.39 Å². The van der Waals surface area contributed by atoms with Gasteiger partial charge in [0.05, 0.1) is 0 Å². The van der Waals surface area contributed by atoms with E-state index < -0.39 is 26.5 Å². The second kappa shape index (κ2) is 3.24. The van der Waals surface area contributed by atoms with Crippen molar-refractivity contribution >= 4 is 26.0 Å². The zero-order valence-corrected chi connectivity index (χ0v) is 8.56. The number of sulfonamides is 1. The molecule has 7 heteroatoms. The highest BCUT2D eigenvalue weighted by Crippen LogP contribution is 2.28. The summed E-state index contributed by atoms with van der Waals surface area (Å²) in [6.07, 6.45) is 0. The van der Waals surface area contributed by atoms with Gasteiger partial charge in [-0.2, -0.15) is 0 Å². The molecule has 0 aliphatic rings. The summed E-state index contributed by atoms with van der Waals surface area (Å²) < 4.78 is 34.5. The van der Waals surface area contributed by atoms with Gasteiger partial charge in [-0.25, -0.2) is 17.9 Å². The molecule has 0 heterocycles. The number of nitrogens with two attached hydrogens (primary N) is 1. The Balaban J connectivity index is 3.56. The van der Waals surface area contributed by atoms with Crippen LogP contribution in [0.5, 0.6) is 5.75 Å². The van der Waals surface area contributed by atoms with E-state index in [1.54, 1.807) is 0 Å². The Morgan fingerprint density at radius 3 is 2.46 bits per heavy atom. The van der Waals surface area contributed by atoms with Crippen LogP contribution < -0.4 is 5.14 Å². The Morgan fingerprint density at radius 2 is 2.00 bits per heavy atom. The molecule has 0 aliphatic carbocycles. The van der Waals surface area contributed by atoms with Crippen LogP contribution in [0.25, 0.3) is 0 Å². The van der Waals surface area contributed by atoms with Crippen molar-refractivity contribution in [3.63, 3.8) is 0 Å². The number of benzene rings is 1. The van der Waals surface area contributed by atoms with Crippen molar-refractivity contribution in [1.29, 1.82) is 0 Å². The van der Waals surface area contributed by atoms with Gasteiger partial charge in [-0.1, -0.05) is 15.9 Å². The van der Waals surface area contributed by atoms with Crippen LogP contribution in [0.1, 0.15) is 0 Å². The summed E-state index contributed by atoms with van der Waals surface area (Å²) in [7, 11) is -4.10. The van der Waals surface area contributed by atoms with Crippen LogP contribution in [-0.2, 0) is 10.0 Å². The average molecular weight is 270 g/mol.